The summed E-state index contributed by atoms with van der Waals surface area (Å²) in [5.74, 6) is 1.66. The topological polar surface area (TPSA) is 63.5 Å². The van der Waals surface area contributed by atoms with Crippen molar-refractivity contribution in [3.63, 3.8) is 0 Å². The number of aliphatic imine (C=N–C) groups is 1. The van der Waals surface area contributed by atoms with Gasteiger partial charge in [-0.3, -0.25) is 4.68 Å². The number of para-hydroxylation sites is 1. The summed E-state index contributed by atoms with van der Waals surface area (Å²) in [7, 11) is 0. The van der Waals surface area contributed by atoms with Crippen LogP contribution in [0.4, 0.5) is 0 Å². The largest absolute Gasteiger partial charge is 0.489 e. The molecule has 26 heavy (non-hydrogen) atoms. The van der Waals surface area contributed by atoms with Gasteiger partial charge in [-0.2, -0.15) is 5.10 Å². The molecule has 0 unspecified atom stereocenters. The van der Waals surface area contributed by atoms with Gasteiger partial charge < -0.3 is 15.4 Å². The van der Waals surface area contributed by atoms with Gasteiger partial charge in [0.1, 0.15) is 12.4 Å². The van der Waals surface area contributed by atoms with E-state index in [4.69, 9.17) is 4.74 Å². The first kappa shape index (κ1) is 19.6. The molecule has 0 aliphatic carbocycles. The first-order chi connectivity index (χ1) is 12.7. The number of hydrogen-bond donors (Lipinski definition) is 2. The van der Waals surface area contributed by atoms with Crippen molar-refractivity contribution in [2.45, 2.75) is 33.4 Å². The van der Waals surface area contributed by atoms with Crippen LogP contribution in [0.1, 0.15) is 24.5 Å². The number of nitrogens with one attached hydrogen (secondary N) is 2. The Balaban J connectivity index is 1.86. The van der Waals surface area contributed by atoms with Crippen LogP contribution >= 0.6 is 0 Å². The van der Waals surface area contributed by atoms with Crippen LogP contribution < -0.4 is 15.4 Å². The van der Waals surface area contributed by atoms with Crippen molar-refractivity contribution >= 4 is 5.96 Å². The highest BCUT2D eigenvalue weighted by Gasteiger charge is 2.03. The highest BCUT2D eigenvalue weighted by Crippen LogP contribution is 2.18. The van der Waals surface area contributed by atoms with Gasteiger partial charge in [0.25, 0.3) is 0 Å². The molecule has 2 N–H and O–H groups in total. The van der Waals surface area contributed by atoms with E-state index in [-0.39, 0.29) is 0 Å². The van der Waals surface area contributed by atoms with Gasteiger partial charge in [0.2, 0.25) is 0 Å². The molecular weight excluding hydrogens is 326 g/mol. The highest BCUT2D eigenvalue weighted by atomic mass is 16.5. The van der Waals surface area contributed by atoms with Crippen molar-refractivity contribution in [2.24, 2.45) is 4.99 Å². The molecule has 0 aliphatic rings. The van der Waals surface area contributed by atoms with E-state index in [1.807, 2.05) is 42.1 Å². The zero-order chi connectivity index (χ0) is 18.6. The number of rotatable bonds is 10. The Bertz CT molecular complexity index is 708. The Morgan fingerprint density at radius 3 is 2.92 bits per heavy atom. The fraction of sp³-hybridized carbons (Fsp3) is 0.400. The average Bonchev–Trinajstić information content (AvgIpc) is 3.07. The summed E-state index contributed by atoms with van der Waals surface area (Å²) in [6, 6.07) is 7.95. The van der Waals surface area contributed by atoms with Crippen molar-refractivity contribution in [1.29, 1.82) is 0 Å². The molecule has 1 aromatic carbocycles. The van der Waals surface area contributed by atoms with Crippen LogP contribution in [0.5, 0.6) is 5.75 Å². The maximum absolute atomic E-state index is 5.69. The minimum atomic E-state index is 0.492. The standard InChI is InChI=1S/C20H29N5O/c1-4-13-26-19-10-7-6-9-18(19)15-23-20(21-5-2)22-11-8-12-25-16-17(3)14-24-25/h4,6-7,9-10,14,16H,1,5,8,11-13,15H2,2-3H3,(H2,21,22,23). The van der Waals surface area contributed by atoms with Crippen LogP contribution in [0.2, 0.25) is 0 Å². The Labute approximate surface area is 156 Å². The average molecular weight is 355 g/mol. The quantitative estimate of drug-likeness (QED) is 0.298. The Morgan fingerprint density at radius 2 is 2.19 bits per heavy atom. The first-order valence-electron chi connectivity index (χ1n) is 9.05. The maximum Gasteiger partial charge on any atom is 0.191 e. The van der Waals surface area contributed by atoms with Crippen molar-refractivity contribution < 1.29 is 4.74 Å². The van der Waals surface area contributed by atoms with Crippen LogP contribution in [0.15, 0.2) is 54.3 Å². The van der Waals surface area contributed by atoms with E-state index in [0.717, 1.165) is 43.3 Å². The summed E-state index contributed by atoms with van der Waals surface area (Å²) in [6.07, 6.45) is 6.65. The molecule has 1 aromatic heterocycles. The molecular formula is C20H29N5O. The lowest BCUT2D eigenvalue weighted by atomic mass is 10.2. The molecule has 0 spiro atoms. The van der Waals surface area contributed by atoms with E-state index in [1.54, 1.807) is 6.08 Å². The molecule has 0 saturated heterocycles. The fourth-order valence-electron chi connectivity index (χ4n) is 2.47. The Hall–Kier alpha value is -2.76. The van der Waals surface area contributed by atoms with E-state index >= 15 is 0 Å². The summed E-state index contributed by atoms with van der Waals surface area (Å²) in [4.78, 5) is 4.67. The molecule has 0 fully saturated rings. The van der Waals surface area contributed by atoms with E-state index in [9.17, 15) is 0 Å². The Kier molecular flexibility index (Phi) is 8.26. The summed E-state index contributed by atoms with van der Waals surface area (Å²) in [5, 5.41) is 11.0. The molecule has 140 valence electrons. The van der Waals surface area contributed by atoms with Gasteiger partial charge in [-0.1, -0.05) is 30.9 Å². The van der Waals surface area contributed by atoms with Gasteiger partial charge in [0, 0.05) is 31.4 Å². The van der Waals surface area contributed by atoms with Crippen LogP contribution in [0.25, 0.3) is 0 Å². The zero-order valence-corrected chi connectivity index (χ0v) is 15.7. The van der Waals surface area contributed by atoms with Crippen LogP contribution in [-0.4, -0.2) is 35.4 Å². The number of nitrogens with zero attached hydrogens (tertiary/aromatic N) is 3. The fourth-order valence-corrected chi connectivity index (χ4v) is 2.47. The lowest BCUT2D eigenvalue weighted by molar-refractivity contribution is 0.359. The number of aryl methyl sites for hydroxylation is 2. The molecule has 0 atom stereocenters. The van der Waals surface area contributed by atoms with Crippen LogP contribution in [-0.2, 0) is 13.1 Å². The number of benzene rings is 1. The molecule has 6 heteroatoms. The molecule has 1 heterocycles. The second kappa shape index (κ2) is 11.0. The highest BCUT2D eigenvalue weighted by molar-refractivity contribution is 5.79. The number of guanidine groups is 1. The molecule has 6 nitrogen and oxygen atoms in total. The molecule has 0 aliphatic heterocycles. The van der Waals surface area contributed by atoms with E-state index in [0.29, 0.717) is 13.2 Å². The summed E-state index contributed by atoms with van der Waals surface area (Å²) in [6.45, 7) is 11.4. The Morgan fingerprint density at radius 1 is 1.35 bits per heavy atom. The monoisotopic (exact) mass is 355 g/mol. The minimum absolute atomic E-state index is 0.492. The lowest BCUT2D eigenvalue weighted by Crippen LogP contribution is -2.38. The van der Waals surface area contributed by atoms with Crippen molar-refractivity contribution in [3.05, 3.63) is 60.4 Å². The van der Waals surface area contributed by atoms with Gasteiger partial charge in [-0.25, -0.2) is 4.99 Å². The normalized spacial score (nSPS) is 11.2. The van der Waals surface area contributed by atoms with Gasteiger partial charge in [-0.05, 0) is 31.9 Å². The summed E-state index contributed by atoms with van der Waals surface area (Å²) < 4.78 is 7.66. The van der Waals surface area contributed by atoms with Crippen molar-refractivity contribution in [3.8, 4) is 5.75 Å². The van der Waals surface area contributed by atoms with E-state index in [2.05, 4.69) is 40.4 Å². The summed E-state index contributed by atoms with van der Waals surface area (Å²) >= 11 is 0. The van der Waals surface area contributed by atoms with Gasteiger partial charge in [-0.15, -0.1) is 0 Å². The van der Waals surface area contributed by atoms with Crippen LogP contribution in [0, 0.1) is 6.92 Å². The number of aromatic nitrogens is 2. The number of hydrogen-bond acceptors (Lipinski definition) is 3. The molecule has 2 rings (SSSR count). The third kappa shape index (κ3) is 6.63. The van der Waals surface area contributed by atoms with Gasteiger partial charge in [0.15, 0.2) is 5.96 Å². The molecule has 0 radical (unpaired) electrons. The third-order valence-electron chi connectivity index (χ3n) is 3.70. The maximum atomic E-state index is 5.69. The predicted octanol–water partition coefficient (Wildman–Crippen LogP) is 2.90. The number of ether oxygens (including phenoxy) is 1. The minimum Gasteiger partial charge on any atom is -0.489 e. The molecule has 0 saturated carbocycles. The van der Waals surface area contributed by atoms with E-state index in [1.165, 1.54) is 5.56 Å². The predicted molar refractivity (Wildman–Crippen MR) is 107 cm³/mol. The van der Waals surface area contributed by atoms with Gasteiger partial charge >= 0.3 is 0 Å². The first-order valence-corrected chi connectivity index (χ1v) is 9.05. The van der Waals surface area contributed by atoms with Crippen LogP contribution in [0.3, 0.4) is 0 Å². The third-order valence-corrected chi connectivity index (χ3v) is 3.70. The second-order valence-electron chi connectivity index (χ2n) is 5.96. The van der Waals surface area contributed by atoms with Crippen molar-refractivity contribution in [2.75, 3.05) is 19.7 Å². The van der Waals surface area contributed by atoms with Gasteiger partial charge in [0.05, 0.1) is 12.7 Å². The van der Waals surface area contributed by atoms with E-state index < -0.39 is 0 Å². The molecule has 0 amide bonds. The van der Waals surface area contributed by atoms with Crippen molar-refractivity contribution in [1.82, 2.24) is 20.4 Å². The molecule has 2 aromatic rings. The lowest BCUT2D eigenvalue weighted by Gasteiger charge is -2.12. The smallest absolute Gasteiger partial charge is 0.191 e. The second-order valence-corrected chi connectivity index (χ2v) is 5.96. The zero-order valence-electron chi connectivity index (χ0n) is 15.7. The molecule has 0 bridgehead atoms. The SMILES string of the molecule is C=CCOc1ccccc1CN=C(NCC)NCCCn1cc(C)cn1. The summed E-state index contributed by atoms with van der Waals surface area (Å²) in [5.41, 5.74) is 2.24.